The molecule has 0 heterocycles. The number of Topliss-reactive ketones (excluding diaryl/α,β-unsaturated/α-hetero) is 1. The van der Waals surface area contributed by atoms with Crippen molar-refractivity contribution in [1.82, 2.24) is 0 Å². The topological polar surface area (TPSA) is 37.3 Å². The smallest absolute Gasteiger partial charge is 0.138 e. The summed E-state index contributed by atoms with van der Waals surface area (Å²) < 4.78 is 0. The summed E-state index contributed by atoms with van der Waals surface area (Å²) in [5.41, 5.74) is 0. The van der Waals surface area contributed by atoms with Crippen LogP contribution in [-0.2, 0) is 4.79 Å². The third-order valence-electron chi connectivity index (χ3n) is 2.61. The highest BCUT2D eigenvalue weighted by atomic mass is 16.3. The molecule has 0 aliphatic rings. The van der Waals surface area contributed by atoms with Crippen LogP contribution < -0.4 is 0 Å². The van der Waals surface area contributed by atoms with Crippen LogP contribution in [0.5, 0.6) is 0 Å². The minimum absolute atomic E-state index is 0.0327. The van der Waals surface area contributed by atoms with Gasteiger partial charge in [-0.3, -0.25) is 4.79 Å². The summed E-state index contributed by atoms with van der Waals surface area (Å²) in [6.07, 6.45) is 6.91. The van der Waals surface area contributed by atoms with Crippen molar-refractivity contribution in [2.45, 2.75) is 58.8 Å². The van der Waals surface area contributed by atoms with Crippen LogP contribution in [-0.4, -0.2) is 17.5 Å². The van der Waals surface area contributed by atoms with E-state index in [1.165, 1.54) is 0 Å². The summed E-state index contributed by atoms with van der Waals surface area (Å²) in [5, 5.41) is 9.06. The lowest BCUT2D eigenvalue weighted by atomic mass is 9.95. The Morgan fingerprint density at radius 3 is 2.29 bits per heavy atom. The summed E-state index contributed by atoms with van der Waals surface area (Å²) in [6.45, 7) is 4.27. The number of hydrogen-bond acceptors (Lipinski definition) is 2. The van der Waals surface area contributed by atoms with Crippen molar-refractivity contribution < 1.29 is 9.90 Å². The van der Waals surface area contributed by atoms with E-state index >= 15 is 0 Å². The normalized spacial score (nSPS) is 12.8. The molecular weight excluding hydrogens is 176 g/mol. The molecule has 0 aromatic carbocycles. The fraction of sp³-hybridized carbons (Fsp3) is 0.917. The molecule has 1 unspecified atom stereocenters. The van der Waals surface area contributed by atoms with Gasteiger partial charge in [0.1, 0.15) is 5.78 Å². The summed E-state index contributed by atoms with van der Waals surface area (Å²) in [7, 11) is 0. The third kappa shape index (κ3) is 6.14. The minimum Gasteiger partial charge on any atom is -0.396 e. The predicted molar refractivity (Wildman–Crippen MR) is 59.2 cm³/mol. The quantitative estimate of drug-likeness (QED) is 0.581. The lowest BCUT2D eigenvalue weighted by Gasteiger charge is -2.11. The average molecular weight is 200 g/mol. The van der Waals surface area contributed by atoms with Gasteiger partial charge in [0.15, 0.2) is 0 Å². The molecule has 0 saturated heterocycles. The van der Waals surface area contributed by atoms with Gasteiger partial charge >= 0.3 is 0 Å². The van der Waals surface area contributed by atoms with Crippen LogP contribution in [0.3, 0.4) is 0 Å². The largest absolute Gasteiger partial charge is 0.396 e. The fourth-order valence-electron chi connectivity index (χ4n) is 1.56. The molecular formula is C12H24O2. The molecule has 14 heavy (non-hydrogen) atoms. The van der Waals surface area contributed by atoms with Gasteiger partial charge in [0.25, 0.3) is 0 Å². The van der Waals surface area contributed by atoms with Gasteiger partial charge in [0.05, 0.1) is 6.61 Å². The molecule has 0 aromatic rings. The monoisotopic (exact) mass is 200 g/mol. The second kappa shape index (κ2) is 9.20. The first-order valence-corrected chi connectivity index (χ1v) is 5.89. The van der Waals surface area contributed by atoms with Gasteiger partial charge in [-0.25, -0.2) is 0 Å². The molecule has 0 rings (SSSR count). The van der Waals surface area contributed by atoms with E-state index < -0.39 is 0 Å². The Morgan fingerprint density at radius 1 is 1.14 bits per heavy atom. The minimum atomic E-state index is -0.0909. The molecule has 2 heteroatoms. The van der Waals surface area contributed by atoms with Crippen LogP contribution in [0.2, 0.25) is 0 Å². The highest BCUT2D eigenvalue weighted by molar-refractivity contribution is 5.81. The predicted octanol–water partition coefficient (Wildman–Crippen LogP) is 2.93. The number of ketones is 1. The summed E-state index contributed by atoms with van der Waals surface area (Å²) in [5.74, 6) is 0.168. The molecule has 0 spiro atoms. The Morgan fingerprint density at radius 2 is 1.79 bits per heavy atom. The number of rotatable bonds is 9. The number of hydrogen-bond donors (Lipinski definition) is 1. The van der Waals surface area contributed by atoms with E-state index in [2.05, 4.69) is 13.8 Å². The molecule has 0 aromatic heterocycles. The number of unbranched alkanes of at least 4 members (excludes halogenated alkanes) is 3. The summed E-state index contributed by atoms with van der Waals surface area (Å²) in [6, 6.07) is 0. The molecule has 0 amide bonds. The molecule has 0 bridgehead atoms. The van der Waals surface area contributed by atoms with Crippen LogP contribution in [0.4, 0.5) is 0 Å². The number of carbonyl (C=O) groups excluding carboxylic acids is 1. The first-order valence-electron chi connectivity index (χ1n) is 5.89. The van der Waals surface area contributed by atoms with Gasteiger partial charge < -0.3 is 5.11 Å². The summed E-state index contributed by atoms with van der Waals surface area (Å²) in [4.78, 5) is 11.6. The van der Waals surface area contributed by atoms with Crippen LogP contribution >= 0.6 is 0 Å². The van der Waals surface area contributed by atoms with Crippen LogP contribution in [0.1, 0.15) is 58.8 Å². The molecule has 0 aliphatic carbocycles. The SMILES string of the molecule is CCCCCC(=O)C(CO)CCCC. The Balaban J connectivity index is 3.67. The molecule has 0 aliphatic heterocycles. The van der Waals surface area contributed by atoms with Crippen molar-refractivity contribution in [3.05, 3.63) is 0 Å². The number of aliphatic hydroxyl groups is 1. The first kappa shape index (κ1) is 13.6. The maximum atomic E-state index is 11.6. The zero-order valence-electron chi connectivity index (χ0n) is 9.59. The van der Waals surface area contributed by atoms with E-state index in [1.807, 2.05) is 0 Å². The van der Waals surface area contributed by atoms with E-state index in [9.17, 15) is 4.79 Å². The Bertz CT molecular complexity index is 143. The summed E-state index contributed by atoms with van der Waals surface area (Å²) >= 11 is 0. The lowest BCUT2D eigenvalue weighted by Crippen LogP contribution is -2.18. The second-order valence-electron chi connectivity index (χ2n) is 3.95. The van der Waals surface area contributed by atoms with Gasteiger partial charge in [0, 0.05) is 12.3 Å². The van der Waals surface area contributed by atoms with Crippen molar-refractivity contribution in [1.29, 1.82) is 0 Å². The Labute approximate surface area is 87.7 Å². The second-order valence-corrected chi connectivity index (χ2v) is 3.95. The Hall–Kier alpha value is -0.370. The molecule has 0 fully saturated rings. The van der Waals surface area contributed by atoms with E-state index in [1.54, 1.807) is 0 Å². The van der Waals surface area contributed by atoms with Gasteiger partial charge in [-0.2, -0.15) is 0 Å². The molecule has 0 saturated carbocycles. The fourth-order valence-corrected chi connectivity index (χ4v) is 1.56. The van der Waals surface area contributed by atoms with E-state index in [-0.39, 0.29) is 18.3 Å². The number of aliphatic hydroxyl groups excluding tert-OH is 1. The van der Waals surface area contributed by atoms with Gasteiger partial charge in [-0.1, -0.05) is 39.5 Å². The standard InChI is InChI=1S/C12H24O2/c1-3-5-7-9-12(14)11(10-13)8-6-4-2/h11,13H,3-10H2,1-2H3. The van der Waals surface area contributed by atoms with Crippen LogP contribution in [0.25, 0.3) is 0 Å². The molecule has 0 radical (unpaired) electrons. The van der Waals surface area contributed by atoms with Crippen molar-refractivity contribution in [3.8, 4) is 0 Å². The highest BCUT2D eigenvalue weighted by Gasteiger charge is 2.15. The average Bonchev–Trinajstić information content (AvgIpc) is 2.19. The van der Waals surface area contributed by atoms with Crippen molar-refractivity contribution >= 4 is 5.78 Å². The van der Waals surface area contributed by atoms with Gasteiger partial charge in [-0.15, -0.1) is 0 Å². The van der Waals surface area contributed by atoms with Crippen LogP contribution in [0, 0.1) is 5.92 Å². The van der Waals surface area contributed by atoms with Crippen LogP contribution in [0.15, 0.2) is 0 Å². The maximum absolute atomic E-state index is 11.6. The van der Waals surface area contributed by atoms with E-state index in [4.69, 9.17) is 5.11 Å². The first-order chi connectivity index (χ1) is 6.76. The van der Waals surface area contributed by atoms with Crippen molar-refractivity contribution in [2.24, 2.45) is 5.92 Å². The highest BCUT2D eigenvalue weighted by Crippen LogP contribution is 2.13. The molecule has 2 nitrogen and oxygen atoms in total. The van der Waals surface area contributed by atoms with Crippen molar-refractivity contribution in [2.75, 3.05) is 6.61 Å². The maximum Gasteiger partial charge on any atom is 0.138 e. The van der Waals surface area contributed by atoms with E-state index in [0.29, 0.717) is 6.42 Å². The zero-order chi connectivity index (χ0) is 10.8. The third-order valence-corrected chi connectivity index (χ3v) is 2.61. The van der Waals surface area contributed by atoms with Gasteiger partial charge in [-0.05, 0) is 12.8 Å². The molecule has 1 atom stereocenters. The molecule has 1 N–H and O–H groups in total. The van der Waals surface area contributed by atoms with E-state index in [0.717, 1.165) is 38.5 Å². The Kier molecular flexibility index (Phi) is 8.95. The van der Waals surface area contributed by atoms with Gasteiger partial charge in [0.2, 0.25) is 0 Å². The zero-order valence-corrected chi connectivity index (χ0v) is 9.59. The van der Waals surface area contributed by atoms with Crippen molar-refractivity contribution in [3.63, 3.8) is 0 Å². The lowest BCUT2D eigenvalue weighted by molar-refractivity contribution is -0.124. The molecule has 84 valence electrons. The number of carbonyl (C=O) groups is 1.